The number of nitrogens with zero attached hydrogens (tertiary/aromatic N) is 3. The minimum Gasteiger partial charge on any atom is -0.271 e. The van der Waals surface area contributed by atoms with Crippen LogP contribution in [0.2, 0.25) is 0 Å². The van der Waals surface area contributed by atoms with E-state index in [4.69, 9.17) is 0 Å². The molecule has 0 fully saturated rings. The Labute approximate surface area is 141 Å². The Hall–Kier alpha value is -2.74. The number of benzene rings is 1. The molecule has 0 unspecified atom stereocenters. The van der Waals surface area contributed by atoms with Gasteiger partial charge >= 0.3 is 0 Å². The fourth-order valence-electron chi connectivity index (χ4n) is 2.02. The molecule has 0 spiro atoms. The van der Waals surface area contributed by atoms with E-state index < -0.39 is 15.9 Å². The van der Waals surface area contributed by atoms with Gasteiger partial charge in [0, 0.05) is 12.4 Å². The first-order chi connectivity index (χ1) is 11.4. The highest BCUT2D eigenvalue weighted by molar-refractivity contribution is 7.92. The lowest BCUT2D eigenvalue weighted by atomic mass is 10.2. The first kappa shape index (κ1) is 17.6. The monoisotopic (exact) mass is 346 g/mol. The maximum absolute atomic E-state index is 12.0. The minimum absolute atomic E-state index is 0.350. The first-order valence-corrected chi connectivity index (χ1v) is 8.98. The molecule has 2 rings (SSSR count). The van der Waals surface area contributed by atoms with Crippen LogP contribution in [0.1, 0.15) is 11.1 Å². The van der Waals surface area contributed by atoms with E-state index in [-0.39, 0.29) is 6.54 Å². The van der Waals surface area contributed by atoms with E-state index in [1.807, 2.05) is 0 Å². The number of rotatable bonds is 6. The van der Waals surface area contributed by atoms with Crippen molar-refractivity contribution in [3.05, 3.63) is 59.9 Å². The second-order valence-electron chi connectivity index (χ2n) is 5.13. The fourth-order valence-corrected chi connectivity index (χ4v) is 2.93. The van der Waals surface area contributed by atoms with E-state index in [1.54, 1.807) is 55.7 Å². The third-order valence-electron chi connectivity index (χ3n) is 3.18. The van der Waals surface area contributed by atoms with Crippen molar-refractivity contribution in [2.24, 2.45) is 5.10 Å². The summed E-state index contributed by atoms with van der Waals surface area (Å²) in [5.74, 6) is -0.533. The third kappa shape index (κ3) is 4.88. The van der Waals surface area contributed by atoms with Crippen LogP contribution in [-0.4, -0.2) is 38.3 Å². The van der Waals surface area contributed by atoms with Crippen LogP contribution in [0, 0.1) is 6.92 Å². The number of carbonyl (C=O) groups is 1. The lowest BCUT2D eigenvalue weighted by Crippen LogP contribution is -2.39. The third-order valence-corrected chi connectivity index (χ3v) is 4.31. The zero-order valence-electron chi connectivity index (χ0n) is 13.4. The molecule has 1 amide bonds. The highest BCUT2D eigenvalue weighted by Crippen LogP contribution is 2.21. The van der Waals surface area contributed by atoms with Crippen LogP contribution in [0.5, 0.6) is 0 Å². The number of sulfonamides is 1. The second kappa shape index (κ2) is 7.69. The van der Waals surface area contributed by atoms with Crippen LogP contribution in [0.25, 0.3) is 0 Å². The number of hydrogen-bond donors (Lipinski definition) is 1. The molecule has 0 aliphatic heterocycles. The van der Waals surface area contributed by atoms with E-state index in [1.165, 1.54) is 6.21 Å². The number of amides is 1. The second-order valence-corrected chi connectivity index (χ2v) is 7.04. The van der Waals surface area contributed by atoms with Crippen LogP contribution in [0.4, 0.5) is 5.69 Å². The quantitative estimate of drug-likeness (QED) is 0.630. The van der Waals surface area contributed by atoms with Gasteiger partial charge in [-0.3, -0.25) is 14.1 Å². The molecule has 2 aromatic rings. The van der Waals surface area contributed by atoms with E-state index in [2.05, 4.69) is 15.5 Å². The number of pyridine rings is 1. The van der Waals surface area contributed by atoms with Gasteiger partial charge in [0.1, 0.15) is 6.54 Å². The first-order valence-electron chi connectivity index (χ1n) is 7.13. The average molecular weight is 346 g/mol. The van der Waals surface area contributed by atoms with Crippen molar-refractivity contribution in [3.63, 3.8) is 0 Å². The van der Waals surface area contributed by atoms with Crippen LogP contribution in [0.15, 0.2) is 53.9 Å². The van der Waals surface area contributed by atoms with Crippen molar-refractivity contribution in [2.45, 2.75) is 6.92 Å². The number of para-hydroxylation sites is 1. The smallest absolute Gasteiger partial charge is 0.260 e. The van der Waals surface area contributed by atoms with Crippen LogP contribution >= 0.6 is 0 Å². The van der Waals surface area contributed by atoms with Crippen molar-refractivity contribution < 1.29 is 13.2 Å². The molecule has 126 valence electrons. The van der Waals surface area contributed by atoms with E-state index >= 15 is 0 Å². The van der Waals surface area contributed by atoms with E-state index in [0.717, 1.165) is 21.7 Å². The Morgan fingerprint density at radius 1 is 1.25 bits per heavy atom. The summed E-state index contributed by atoms with van der Waals surface area (Å²) >= 11 is 0. The van der Waals surface area contributed by atoms with Gasteiger partial charge < -0.3 is 0 Å². The molecule has 7 nitrogen and oxygen atoms in total. The fraction of sp³-hybridized carbons (Fsp3) is 0.188. The predicted molar refractivity (Wildman–Crippen MR) is 93.3 cm³/mol. The number of hydrogen-bond acceptors (Lipinski definition) is 5. The highest BCUT2D eigenvalue weighted by Gasteiger charge is 2.21. The van der Waals surface area contributed by atoms with E-state index in [9.17, 15) is 13.2 Å². The number of hydrazone groups is 1. The van der Waals surface area contributed by atoms with Gasteiger partial charge in [0.15, 0.2) is 0 Å². The molecule has 1 aromatic carbocycles. The highest BCUT2D eigenvalue weighted by atomic mass is 32.2. The van der Waals surface area contributed by atoms with Crippen molar-refractivity contribution in [2.75, 3.05) is 17.1 Å². The summed E-state index contributed by atoms with van der Waals surface area (Å²) in [7, 11) is -3.60. The Bertz CT molecular complexity index is 835. The lowest BCUT2D eigenvalue weighted by molar-refractivity contribution is -0.119. The molecule has 0 saturated carbocycles. The molecular formula is C16H18N4O3S. The summed E-state index contributed by atoms with van der Waals surface area (Å²) in [6, 6.07) is 10.4. The maximum Gasteiger partial charge on any atom is 0.260 e. The van der Waals surface area contributed by atoms with Crippen LogP contribution in [-0.2, 0) is 14.8 Å². The molecular weight excluding hydrogens is 328 g/mol. The topological polar surface area (TPSA) is 91.7 Å². The van der Waals surface area contributed by atoms with Gasteiger partial charge in [0.05, 0.1) is 18.2 Å². The average Bonchev–Trinajstić information content (AvgIpc) is 2.53. The molecule has 1 aromatic heterocycles. The molecule has 0 aliphatic rings. The van der Waals surface area contributed by atoms with Crippen LogP contribution in [0.3, 0.4) is 0 Å². The number of carbonyl (C=O) groups excluding carboxylic acids is 1. The minimum atomic E-state index is -3.60. The van der Waals surface area contributed by atoms with Gasteiger partial charge in [-0.15, -0.1) is 0 Å². The normalized spacial score (nSPS) is 11.4. The molecule has 0 atom stereocenters. The van der Waals surface area contributed by atoms with Gasteiger partial charge in [0.25, 0.3) is 5.91 Å². The van der Waals surface area contributed by atoms with Crippen molar-refractivity contribution in [1.82, 2.24) is 10.4 Å². The lowest BCUT2D eigenvalue weighted by Gasteiger charge is -2.23. The Balaban J connectivity index is 2.09. The van der Waals surface area contributed by atoms with Crippen LogP contribution < -0.4 is 9.73 Å². The molecule has 1 N–H and O–H groups in total. The summed E-state index contributed by atoms with van der Waals surface area (Å²) in [6.45, 7) is 1.43. The summed E-state index contributed by atoms with van der Waals surface area (Å²) in [6.07, 6.45) is 5.73. The zero-order chi connectivity index (χ0) is 17.6. The molecule has 8 heteroatoms. The number of aryl methyl sites for hydroxylation is 1. The standard InChI is InChI=1S/C16H18N4O3S/c1-13-5-3-4-6-15(13)20(24(2,22)23)12-16(21)19-18-11-14-7-9-17-10-8-14/h3-11H,12H2,1-2H3,(H,19,21)/b18-11-. The molecule has 0 radical (unpaired) electrons. The zero-order valence-corrected chi connectivity index (χ0v) is 14.2. The van der Waals surface area contributed by atoms with Crippen molar-refractivity contribution in [3.8, 4) is 0 Å². The Morgan fingerprint density at radius 3 is 2.54 bits per heavy atom. The van der Waals surface area contributed by atoms with E-state index in [0.29, 0.717) is 5.69 Å². The SMILES string of the molecule is Cc1ccccc1N(CC(=O)N/N=C\c1ccncc1)S(C)(=O)=O. The molecule has 0 bridgehead atoms. The predicted octanol–water partition coefficient (Wildman–Crippen LogP) is 1.31. The molecule has 1 heterocycles. The van der Waals surface area contributed by atoms with Crippen molar-refractivity contribution in [1.29, 1.82) is 0 Å². The molecule has 0 aliphatic carbocycles. The summed E-state index contributed by atoms with van der Waals surface area (Å²) in [5.41, 5.74) is 4.32. The van der Waals surface area contributed by atoms with Gasteiger partial charge in [-0.2, -0.15) is 5.10 Å². The number of anilines is 1. The summed E-state index contributed by atoms with van der Waals surface area (Å²) in [4.78, 5) is 15.9. The number of nitrogens with one attached hydrogen (secondary N) is 1. The summed E-state index contributed by atoms with van der Waals surface area (Å²) < 4.78 is 25.1. The maximum atomic E-state index is 12.0. The largest absolute Gasteiger partial charge is 0.271 e. The number of aromatic nitrogens is 1. The van der Waals surface area contributed by atoms with Crippen molar-refractivity contribution >= 4 is 27.8 Å². The van der Waals surface area contributed by atoms with Gasteiger partial charge in [-0.05, 0) is 36.2 Å². The van der Waals surface area contributed by atoms with Gasteiger partial charge in [-0.1, -0.05) is 18.2 Å². The summed E-state index contributed by atoms with van der Waals surface area (Å²) in [5, 5.41) is 3.82. The van der Waals surface area contributed by atoms with Gasteiger partial charge in [0.2, 0.25) is 10.0 Å². The molecule has 24 heavy (non-hydrogen) atoms. The molecule has 0 saturated heterocycles. The van der Waals surface area contributed by atoms with Gasteiger partial charge in [-0.25, -0.2) is 13.8 Å². The Kier molecular flexibility index (Phi) is 5.64. The Morgan fingerprint density at radius 2 is 1.92 bits per heavy atom.